The quantitative estimate of drug-likeness (QED) is 0.907. The van der Waals surface area contributed by atoms with Crippen LogP contribution in [0.4, 0.5) is 0 Å². The summed E-state index contributed by atoms with van der Waals surface area (Å²) in [7, 11) is 0. The lowest BCUT2D eigenvalue weighted by Crippen LogP contribution is -2.37. The van der Waals surface area contributed by atoms with E-state index in [2.05, 4.69) is 17.1 Å². The molecule has 0 amide bonds. The van der Waals surface area contributed by atoms with Crippen molar-refractivity contribution in [1.29, 1.82) is 0 Å². The molecule has 5 nitrogen and oxygen atoms in total. The standard InChI is InChI=1S/C17H24N4O.ClH/c1-3-8-20(15-6-7-18-11-15)12-14-10-16(22)21-9-4-5-13(2)17(21)19-14;/h4-5,9-10,15,18H,3,6-8,11-12H2,1-2H3;1H. The molecule has 126 valence electrons. The van der Waals surface area contributed by atoms with Gasteiger partial charge in [0.15, 0.2) is 0 Å². The first kappa shape index (κ1) is 17.9. The van der Waals surface area contributed by atoms with Gasteiger partial charge < -0.3 is 5.32 Å². The van der Waals surface area contributed by atoms with Crippen molar-refractivity contribution in [2.24, 2.45) is 0 Å². The molecule has 1 saturated heterocycles. The molecule has 3 heterocycles. The lowest BCUT2D eigenvalue weighted by molar-refractivity contribution is 0.197. The molecule has 0 aromatic carbocycles. The largest absolute Gasteiger partial charge is 0.315 e. The third kappa shape index (κ3) is 3.91. The zero-order valence-electron chi connectivity index (χ0n) is 13.8. The van der Waals surface area contributed by atoms with Gasteiger partial charge in [-0.05, 0) is 44.5 Å². The molecule has 23 heavy (non-hydrogen) atoms. The molecule has 2 aromatic rings. The van der Waals surface area contributed by atoms with Crippen LogP contribution in [0.5, 0.6) is 0 Å². The number of nitrogens with zero attached hydrogens (tertiary/aromatic N) is 3. The summed E-state index contributed by atoms with van der Waals surface area (Å²) in [6.07, 6.45) is 4.07. The Kier molecular flexibility index (Phi) is 6.16. The SMILES string of the molecule is CCCN(Cc1cc(=O)n2cccc(C)c2n1)C1CCNC1.Cl. The highest BCUT2D eigenvalue weighted by Crippen LogP contribution is 2.13. The van der Waals surface area contributed by atoms with Gasteiger partial charge in [0.2, 0.25) is 0 Å². The van der Waals surface area contributed by atoms with Crippen molar-refractivity contribution in [3.63, 3.8) is 0 Å². The van der Waals surface area contributed by atoms with Crippen molar-refractivity contribution in [3.8, 4) is 0 Å². The maximum atomic E-state index is 12.3. The highest BCUT2D eigenvalue weighted by molar-refractivity contribution is 5.85. The Morgan fingerprint density at radius 2 is 2.30 bits per heavy atom. The maximum Gasteiger partial charge on any atom is 0.258 e. The second kappa shape index (κ2) is 7.90. The predicted molar refractivity (Wildman–Crippen MR) is 95.4 cm³/mol. The Bertz CT molecular complexity index is 709. The first-order chi connectivity index (χ1) is 10.7. The number of pyridine rings is 1. The van der Waals surface area contributed by atoms with Crippen molar-refractivity contribution in [2.45, 2.75) is 39.3 Å². The zero-order valence-corrected chi connectivity index (χ0v) is 14.6. The van der Waals surface area contributed by atoms with Crippen LogP contribution >= 0.6 is 12.4 Å². The minimum absolute atomic E-state index is 0. The topological polar surface area (TPSA) is 49.6 Å². The van der Waals surface area contributed by atoms with Crippen molar-refractivity contribution >= 4 is 18.1 Å². The van der Waals surface area contributed by atoms with Crippen LogP contribution in [0.3, 0.4) is 0 Å². The summed E-state index contributed by atoms with van der Waals surface area (Å²) in [4.78, 5) is 19.5. The van der Waals surface area contributed by atoms with E-state index in [9.17, 15) is 4.79 Å². The van der Waals surface area contributed by atoms with E-state index in [1.807, 2.05) is 19.1 Å². The van der Waals surface area contributed by atoms with Crippen LogP contribution in [0.25, 0.3) is 5.65 Å². The molecule has 0 radical (unpaired) electrons. The van der Waals surface area contributed by atoms with Crippen molar-refractivity contribution < 1.29 is 0 Å². The van der Waals surface area contributed by atoms with E-state index in [0.29, 0.717) is 6.04 Å². The molecule has 0 bridgehead atoms. The lowest BCUT2D eigenvalue weighted by atomic mass is 10.2. The van der Waals surface area contributed by atoms with Crippen molar-refractivity contribution in [3.05, 3.63) is 46.0 Å². The number of halogens is 1. The minimum atomic E-state index is 0. The Labute approximate surface area is 143 Å². The Morgan fingerprint density at radius 1 is 1.48 bits per heavy atom. The van der Waals surface area contributed by atoms with Gasteiger partial charge in [0.1, 0.15) is 5.65 Å². The summed E-state index contributed by atoms with van der Waals surface area (Å²) in [5.41, 5.74) is 2.68. The molecule has 1 fully saturated rings. The van der Waals surface area contributed by atoms with Crippen LogP contribution in [-0.4, -0.2) is 40.0 Å². The second-order valence-electron chi connectivity index (χ2n) is 6.09. The predicted octanol–water partition coefficient (Wildman–Crippen LogP) is 2.00. The number of rotatable bonds is 5. The average molecular weight is 337 g/mol. The molecule has 1 N–H and O–H groups in total. The molecule has 3 rings (SSSR count). The number of hydrogen-bond acceptors (Lipinski definition) is 4. The third-order valence-electron chi connectivity index (χ3n) is 4.37. The van der Waals surface area contributed by atoms with Gasteiger partial charge in [-0.25, -0.2) is 4.98 Å². The molecule has 1 unspecified atom stereocenters. The van der Waals surface area contributed by atoms with Gasteiger partial charge in [-0.3, -0.25) is 14.1 Å². The van der Waals surface area contributed by atoms with Gasteiger partial charge in [0, 0.05) is 31.4 Å². The van der Waals surface area contributed by atoms with E-state index >= 15 is 0 Å². The van der Waals surface area contributed by atoms with Crippen LogP contribution < -0.4 is 10.9 Å². The van der Waals surface area contributed by atoms with E-state index in [-0.39, 0.29) is 18.0 Å². The fourth-order valence-corrected chi connectivity index (χ4v) is 3.23. The molecule has 0 aliphatic carbocycles. The zero-order chi connectivity index (χ0) is 15.5. The Hall–Kier alpha value is -1.43. The summed E-state index contributed by atoms with van der Waals surface area (Å²) in [5.74, 6) is 0. The van der Waals surface area contributed by atoms with Crippen molar-refractivity contribution in [1.82, 2.24) is 19.6 Å². The number of nitrogens with one attached hydrogen (secondary N) is 1. The van der Waals surface area contributed by atoms with Gasteiger partial charge in [-0.1, -0.05) is 13.0 Å². The normalized spacial score (nSPS) is 17.6. The van der Waals surface area contributed by atoms with Gasteiger partial charge in [-0.2, -0.15) is 0 Å². The lowest BCUT2D eigenvalue weighted by Gasteiger charge is -2.27. The molecule has 0 spiro atoms. The minimum Gasteiger partial charge on any atom is -0.315 e. The molecule has 1 aliphatic rings. The van der Waals surface area contributed by atoms with Crippen LogP contribution in [-0.2, 0) is 6.54 Å². The van der Waals surface area contributed by atoms with E-state index in [4.69, 9.17) is 4.98 Å². The van der Waals surface area contributed by atoms with Crippen LogP contribution in [0.1, 0.15) is 31.0 Å². The van der Waals surface area contributed by atoms with Gasteiger partial charge in [0.25, 0.3) is 5.56 Å². The van der Waals surface area contributed by atoms with Gasteiger partial charge in [-0.15, -0.1) is 12.4 Å². The number of hydrogen-bond donors (Lipinski definition) is 1. The first-order valence-corrected chi connectivity index (χ1v) is 8.11. The van der Waals surface area contributed by atoms with E-state index in [0.717, 1.165) is 49.5 Å². The van der Waals surface area contributed by atoms with E-state index < -0.39 is 0 Å². The summed E-state index contributed by atoms with van der Waals surface area (Å²) < 4.78 is 1.63. The monoisotopic (exact) mass is 336 g/mol. The van der Waals surface area contributed by atoms with Crippen molar-refractivity contribution in [2.75, 3.05) is 19.6 Å². The fraction of sp³-hybridized carbons (Fsp3) is 0.529. The highest BCUT2D eigenvalue weighted by atomic mass is 35.5. The Morgan fingerprint density at radius 3 is 3.00 bits per heavy atom. The van der Waals surface area contributed by atoms with Crippen LogP contribution in [0.2, 0.25) is 0 Å². The molecular formula is C17H25ClN4O. The van der Waals surface area contributed by atoms with Gasteiger partial charge >= 0.3 is 0 Å². The van der Waals surface area contributed by atoms with Crippen LogP contribution in [0, 0.1) is 6.92 Å². The summed E-state index contributed by atoms with van der Waals surface area (Å²) >= 11 is 0. The average Bonchev–Trinajstić information content (AvgIpc) is 3.02. The molecule has 2 aromatic heterocycles. The number of fused-ring (bicyclic) bond motifs is 1. The van der Waals surface area contributed by atoms with E-state index in [1.54, 1.807) is 16.7 Å². The molecular weight excluding hydrogens is 312 g/mol. The highest BCUT2D eigenvalue weighted by Gasteiger charge is 2.22. The third-order valence-corrected chi connectivity index (χ3v) is 4.37. The molecule has 6 heteroatoms. The molecule has 1 atom stereocenters. The summed E-state index contributed by atoms with van der Waals surface area (Å²) in [6.45, 7) is 8.10. The van der Waals surface area contributed by atoms with E-state index in [1.165, 1.54) is 6.42 Å². The first-order valence-electron chi connectivity index (χ1n) is 8.11. The summed E-state index contributed by atoms with van der Waals surface area (Å²) in [5, 5.41) is 3.42. The fourth-order valence-electron chi connectivity index (χ4n) is 3.23. The summed E-state index contributed by atoms with van der Waals surface area (Å²) in [6, 6.07) is 6.11. The molecule has 0 saturated carbocycles. The van der Waals surface area contributed by atoms with Gasteiger partial charge in [0.05, 0.1) is 5.69 Å². The number of aryl methyl sites for hydroxylation is 1. The smallest absolute Gasteiger partial charge is 0.258 e. The van der Waals surface area contributed by atoms with Crippen LogP contribution in [0.15, 0.2) is 29.2 Å². The Balaban J connectivity index is 0.00000192. The number of aromatic nitrogens is 2. The molecule has 1 aliphatic heterocycles. The maximum absolute atomic E-state index is 12.3. The second-order valence-corrected chi connectivity index (χ2v) is 6.09.